The minimum absolute atomic E-state index is 0.356. The van der Waals surface area contributed by atoms with Crippen LogP contribution in [0, 0.1) is 0 Å². The van der Waals surface area contributed by atoms with E-state index in [0.29, 0.717) is 5.65 Å². The van der Waals surface area contributed by atoms with Crippen LogP contribution in [0.25, 0.3) is 5.65 Å². The number of benzene rings is 1. The van der Waals surface area contributed by atoms with Crippen molar-refractivity contribution in [2.75, 3.05) is 18.9 Å². The van der Waals surface area contributed by atoms with Crippen molar-refractivity contribution in [1.82, 2.24) is 19.1 Å². The highest BCUT2D eigenvalue weighted by Gasteiger charge is 2.33. The minimum atomic E-state index is -4.63. The molecule has 152 valence electrons. The zero-order valence-electron chi connectivity index (χ0n) is 15.2. The predicted molar refractivity (Wildman–Crippen MR) is 97.2 cm³/mol. The Balaban J connectivity index is 1.66. The van der Waals surface area contributed by atoms with Gasteiger partial charge in [0.1, 0.15) is 6.54 Å². The van der Waals surface area contributed by atoms with Crippen molar-refractivity contribution in [3.05, 3.63) is 64.7 Å². The number of anilines is 1. The number of aromatic nitrogens is 3. The number of carbonyl (C=O) groups excluding carboxylic acids is 2. The number of para-hydroxylation sites is 1. The van der Waals surface area contributed by atoms with E-state index in [1.807, 2.05) is 0 Å². The van der Waals surface area contributed by atoms with Gasteiger partial charge in [0.25, 0.3) is 0 Å². The van der Waals surface area contributed by atoms with Gasteiger partial charge >= 0.3 is 11.9 Å². The third-order valence-corrected chi connectivity index (χ3v) is 4.09. The Bertz CT molecular complexity index is 1120. The van der Waals surface area contributed by atoms with Crippen LogP contribution in [-0.2, 0) is 22.3 Å². The van der Waals surface area contributed by atoms with E-state index in [2.05, 4.69) is 10.4 Å². The molecule has 1 N–H and O–H groups in total. The molecule has 0 aliphatic heterocycles. The van der Waals surface area contributed by atoms with E-state index >= 15 is 0 Å². The molecule has 0 saturated heterocycles. The molecule has 11 heteroatoms. The highest BCUT2D eigenvalue weighted by Crippen LogP contribution is 2.34. The average Bonchev–Trinajstić information content (AvgIpc) is 2.97. The third-order valence-electron chi connectivity index (χ3n) is 4.09. The van der Waals surface area contributed by atoms with E-state index in [9.17, 15) is 27.6 Å². The van der Waals surface area contributed by atoms with Gasteiger partial charge in [0.2, 0.25) is 11.8 Å². The molecule has 3 aromatic rings. The zero-order valence-corrected chi connectivity index (χ0v) is 15.2. The Morgan fingerprint density at radius 2 is 1.83 bits per heavy atom. The summed E-state index contributed by atoms with van der Waals surface area (Å²) in [5.74, 6) is -1.41. The molecule has 8 nitrogen and oxygen atoms in total. The van der Waals surface area contributed by atoms with E-state index in [0.717, 1.165) is 21.7 Å². The van der Waals surface area contributed by atoms with Crippen LogP contribution in [0.4, 0.5) is 18.9 Å². The number of nitrogens with one attached hydrogen (secondary N) is 1. The van der Waals surface area contributed by atoms with E-state index in [-0.39, 0.29) is 0 Å². The van der Waals surface area contributed by atoms with Crippen molar-refractivity contribution in [2.45, 2.75) is 12.7 Å². The van der Waals surface area contributed by atoms with Gasteiger partial charge in [-0.25, -0.2) is 9.48 Å². The lowest BCUT2D eigenvalue weighted by molar-refractivity contribution is -0.137. The van der Waals surface area contributed by atoms with Crippen LogP contribution in [-0.4, -0.2) is 44.5 Å². The fourth-order valence-electron chi connectivity index (χ4n) is 2.65. The first-order chi connectivity index (χ1) is 13.7. The lowest BCUT2D eigenvalue weighted by Crippen LogP contribution is -2.39. The number of halogens is 3. The fourth-order valence-corrected chi connectivity index (χ4v) is 2.65. The molecular weight excluding hydrogens is 391 g/mol. The van der Waals surface area contributed by atoms with Crippen LogP contribution in [0.15, 0.2) is 53.5 Å². The summed E-state index contributed by atoms with van der Waals surface area (Å²) in [6.45, 7) is -0.906. The Morgan fingerprint density at radius 3 is 2.52 bits per heavy atom. The van der Waals surface area contributed by atoms with Crippen LogP contribution >= 0.6 is 0 Å². The van der Waals surface area contributed by atoms with Crippen molar-refractivity contribution in [3.63, 3.8) is 0 Å². The number of fused-ring (bicyclic) bond motifs is 1. The van der Waals surface area contributed by atoms with Gasteiger partial charge in [0, 0.05) is 13.2 Å². The molecule has 0 bridgehead atoms. The molecule has 0 saturated carbocycles. The molecule has 0 aliphatic carbocycles. The van der Waals surface area contributed by atoms with Gasteiger partial charge in [-0.15, -0.1) is 5.10 Å². The summed E-state index contributed by atoms with van der Waals surface area (Å²) in [5, 5.41) is 6.17. The molecule has 0 spiro atoms. The number of pyridine rings is 1. The summed E-state index contributed by atoms with van der Waals surface area (Å²) < 4.78 is 41.2. The molecule has 2 amide bonds. The SMILES string of the molecule is CN(CC(=O)Nc1ccccc1C(F)(F)F)C(=O)Cn1nc2ccccn2c1=O. The monoisotopic (exact) mass is 407 g/mol. The van der Waals surface area contributed by atoms with Crippen LogP contribution in [0.2, 0.25) is 0 Å². The highest BCUT2D eigenvalue weighted by atomic mass is 19.4. The standard InChI is InChI=1S/C18H16F3N5O3/c1-24(10-15(27)22-13-7-3-2-6-12(13)18(19,20)21)16(28)11-26-17(29)25-9-5-4-8-14(25)23-26/h2-9H,10-11H2,1H3,(H,22,27). The van der Waals surface area contributed by atoms with Crippen molar-refractivity contribution >= 4 is 23.1 Å². The molecule has 3 rings (SSSR count). The Labute approximate surface area is 162 Å². The van der Waals surface area contributed by atoms with Crippen molar-refractivity contribution < 1.29 is 22.8 Å². The van der Waals surface area contributed by atoms with Gasteiger partial charge in [-0.2, -0.15) is 13.2 Å². The van der Waals surface area contributed by atoms with Crippen LogP contribution in [0.1, 0.15) is 5.56 Å². The summed E-state index contributed by atoms with van der Waals surface area (Å²) in [4.78, 5) is 37.6. The third kappa shape index (κ3) is 4.45. The molecule has 0 atom stereocenters. The summed E-state index contributed by atoms with van der Waals surface area (Å²) in [5.41, 5.74) is -1.55. The molecule has 0 unspecified atom stereocenters. The largest absolute Gasteiger partial charge is 0.418 e. The van der Waals surface area contributed by atoms with Crippen LogP contribution < -0.4 is 11.0 Å². The first kappa shape index (κ1) is 20.1. The lowest BCUT2D eigenvalue weighted by Gasteiger charge is -2.18. The minimum Gasteiger partial charge on any atom is -0.335 e. The van der Waals surface area contributed by atoms with Gasteiger partial charge in [-0.05, 0) is 24.3 Å². The molecule has 1 aromatic carbocycles. The Morgan fingerprint density at radius 1 is 1.14 bits per heavy atom. The van der Waals surface area contributed by atoms with E-state index in [4.69, 9.17) is 0 Å². The number of hydrogen-bond acceptors (Lipinski definition) is 4. The highest BCUT2D eigenvalue weighted by molar-refractivity contribution is 5.95. The molecular formula is C18H16F3N5O3. The molecule has 2 heterocycles. The average molecular weight is 407 g/mol. The Kier molecular flexibility index (Phi) is 5.39. The van der Waals surface area contributed by atoms with E-state index in [1.165, 1.54) is 29.8 Å². The first-order valence-corrected chi connectivity index (χ1v) is 8.41. The molecule has 29 heavy (non-hydrogen) atoms. The second kappa shape index (κ2) is 7.78. The summed E-state index contributed by atoms with van der Waals surface area (Å²) in [6.07, 6.45) is -3.13. The number of likely N-dealkylation sites (N-methyl/N-ethyl adjacent to an activating group) is 1. The molecule has 2 aromatic heterocycles. The number of alkyl halides is 3. The second-order valence-electron chi connectivity index (χ2n) is 6.21. The maximum absolute atomic E-state index is 13.0. The van der Waals surface area contributed by atoms with E-state index < -0.39 is 48.0 Å². The molecule has 0 radical (unpaired) electrons. The van der Waals surface area contributed by atoms with Gasteiger partial charge in [0.15, 0.2) is 5.65 Å². The number of nitrogens with zero attached hydrogens (tertiary/aromatic N) is 4. The van der Waals surface area contributed by atoms with Crippen LogP contribution in [0.3, 0.4) is 0 Å². The quantitative estimate of drug-likeness (QED) is 0.696. The van der Waals surface area contributed by atoms with Gasteiger partial charge in [-0.1, -0.05) is 18.2 Å². The zero-order chi connectivity index (χ0) is 21.2. The maximum atomic E-state index is 13.0. The molecule has 0 aliphatic rings. The van der Waals surface area contributed by atoms with Crippen molar-refractivity contribution in [1.29, 1.82) is 0 Å². The van der Waals surface area contributed by atoms with Gasteiger partial charge < -0.3 is 10.2 Å². The smallest absolute Gasteiger partial charge is 0.335 e. The number of carbonyl (C=O) groups is 2. The lowest BCUT2D eigenvalue weighted by atomic mass is 10.1. The summed E-state index contributed by atoms with van der Waals surface area (Å²) >= 11 is 0. The molecule has 0 fully saturated rings. The van der Waals surface area contributed by atoms with Crippen molar-refractivity contribution in [3.8, 4) is 0 Å². The van der Waals surface area contributed by atoms with Crippen LogP contribution in [0.5, 0.6) is 0 Å². The topological polar surface area (TPSA) is 88.7 Å². The first-order valence-electron chi connectivity index (χ1n) is 8.41. The predicted octanol–water partition coefficient (Wildman–Crippen LogP) is 1.61. The summed E-state index contributed by atoms with van der Waals surface area (Å²) in [6, 6.07) is 9.45. The van der Waals surface area contributed by atoms with Crippen molar-refractivity contribution in [2.24, 2.45) is 0 Å². The Hall–Kier alpha value is -3.63. The fraction of sp³-hybridized carbons (Fsp3) is 0.222. The number of hydrogen-bond donors (Lipinski definition) is 1. The van der Waals surface area contributed by atoms with E-state index in [1.54, 1.807) is 18.2 Å². The number of amides is 2. The normalized spacial score (nSPS) is 11.4. The number of rotatable bonds is 5. The maximum Gasteiger partial charge on any atom is 0.418 e. The second-order valence-corrected chi connectivity index (χ2v) is 6.21. The summed E-state index contributed by atoms with van der Waals surface area (Å²) in [7, 11) is 1.30. The van der Waals surface area contributed by atoms with Gasteiger partial charge in [0.05, 0.1) is 17.8 Å². The van der Waals surface area contributed by atoms with Gasteiger partial charge in [-0.3, -0.25) is 14.0 Å².